The van der Waals surface area contributed by atoms with Crippen LogP contribution in [-0.4, -0.2) is 43.2 Å². The van der Waals surface area contributed by atoms with Crippen LogP contribution >= 0.6 is 0 Å². The van der Waals surface area contributed by atoms with E-state index in [1.807, 2.05) is 31.2 Å². The third-order valence-corrected chi connectivity index (χ3v) is 6.47. The van der Waals surface area contributed by atoms with Crippen LogP contribution in [0.5, 0.6) is 0 Å². The van der Waals surface area contributed by atoms with Crippen LogP contribution in [0.2, 0.25) is 0 Å². The summed E-state index contributed by atoms with van der Waals surface area (Å²) in [5, 5.41) is 13.6. The molecule has 0 spiro atoms. The molecule has 1 aliphatic rings. The first-order valence-electron chi connectivity index (χ1n) is 11.5. The van der Waals surface area contributed by atoms with Crippen molar-refractivity contribution in [3.63, 3.8) is 0 Å². The molecule has 0 amide bonds. The Morgan fingerprint density at radius 2 is 1.82 bits per heavy atom. The molecule has 33 heavy (non-hydrogen) atoms. The van der Waals surface area contributed by atoms with Gasteiger partial charge in [-0.05, 0) is 78.0 Å². The second kappa shape index (κ2) is 9.23. The van der Waals surface area contributed by atoms with Crippen LogP contribution in [0.15, 0.2) is 53.3 Å². The van der Waals surface area contributed by atoms with Gasteiger partial charge in [-0.15, -0.1) is 5.10 Å². The Hall–Kier alpha value is -3.39. The molecule has 1 unspecified atom stereocenters. The number of halogens is 1. The fraction of sp³-hybridized carbons (Fsp3) is 0.360. The van der Waals surface area contributed by atoms with Crippen molar-refractivity contribution >= 4 is 10.9 Å². The van der Waals surface area contributed by atoms with Gasteiger partial charge in [0.05, 0.1) is 12.1 Å². The number of aromatic amines is 1. The summed E-state index contributed by atoms with van der Waals surface area (Å²) in [5.74, 6) is 0.342. The van der Waals surface area contributed by atoms with E-state index in [4.69, 9.17) is 0 Å². The topological polar surface area (TPSA) is 79.7 Å². The van der Waals surface area contributed by atoms with Gasteiger partial charge in [-0.1, -0.05) is 43.2 Å². The van der Waals surface area contributed by atoms with Gasteiger partial charge in [0.15, 0.2) is 5.82 Å². The summed E-state index contributed by atoms with van der Waals surface area (Å²) >= 11 is 0. The number of nitrogens with one attached hydrogen (secondary N) is 1. The first-order chi connectivity index (χ1) is 16.1. The van der Waals surface area contributed by atoms with E-state index in [1.54, 1.807) is 16.8 Å². The van der Waals surface area contributed by atoms with Gasteiger partial charge in [0, 0.05) is 5.56 Å². The van der Waals surface area contributed by atoms with Gasteiger partial charge in [0.25, 0.3) is 5.56 Å². The number of hydrogen-bond acceptors (Lipinski definition) is 5. The highest BCUT2D eigenvalue weighted by Crippen LogP contribution is 2.29. The van der Waals surface area contributed by atoms with Crippen LogP contribution in [0, 0.1) is 12.7 Å². The van der Waals surface area contributed by atoms with Crippen LogP contribution in [-0.2, 0) is 6.54 Å². The molecule has 7 nitrogen and oxygen atoms in total. The van der Waals surface area contributed by atoms with Crippen molar-refractivity contribution in [2.24, 2.45) is 0 Å². The average molecular weight is 447 g/mol. The fourth-order valence-corrected chi connectivity index (χ4v) is 4.74. The Balaban J connectivity index is 1.62. The van der Waals surface area contributed by atoms with E-state index in [9.17, 15) is 9.18 Å². The lowest BCUT2D eigenvalue weighted by molar-refractivity contribution is 0.220. The predicted molar refractivity (Wildman–Crippen MR) is 125 cm³/mol. The molecule has 1 atom stereocenters. The van der Waals surface area contributed by atoms with Crippen LogP contribution in [0.3, 0.4) is 0 Å². The second-order valence-electron chi connectivity index (χ2n) is 8.77. The molecular weight excluding hydrogens is 419 g/mol. The van der Waals surface area contributed by atoms with Crippen LogP contribution < -0.4 is 5.56 Å². The number of hydrogen-bond donors (Lipinski definition) is 1. The summed E-state index contributed by atoms with van der Waals surface area (Å²) in [6.45, 7) is 4.14. The Morgan fingerprint density at radius 3 is 2.58 bits per heavy atom. The van der Waals surface area contributed by atoms with Gasteiger partial charge in [0.2, 0.25) is 0 Å². The number of nitrogens with zero attached hydrogens (tertiary/aromatic N) is 5. The molecule has 1 N–H and O–H groups in total. The summed E-state index contributed by atoms with van der Waals surface area (Å²) in [7, 11) is 0. The summed E-state index contributed by atoms with van der Waals surface area (Å²) in [6.07, 6.45) is 4.50. The number of tetrazole rings is 1. The van der Waals surface area contributed by atoms with Gasteiger partial charge < -0.3 is 4.98 Å². The number of benzene rings is 2. The zero-order chi connectivity index (χ0) is 22.8. The smallest absolute Gasteiger partial charge is 0.253 e. The highest BCUT2D eigenvalue weighted by molar-refractivity contribution is 5.82. The van der Waals surface area contributed by atoms with Crippen molar-refractivity contribution in [2.45, 2.75) is 45.2 Å². The van der Waals surface area contributed by atoms with Crippen LogP contribution in [0.1, 0.15) is 54.2 Å². The third-order valence-electron chi connectivity index (χ3n) is 6.47. The van der Waals surface area contributed by atoms with E-state index in [2.05, 4.69) is 25.4 Å². The molecule has 0 saturated carbocycles. The van der Waals surface area contributed by atoms with Gasteiger partial charge in [-0.3, -0.25) is 9.69 Å². The van der Waals surface area contributed by atoms with Gasteiger partial charge >= 0.3 is 0 Å². The Morgan fingerprint density at radius 1 is 1.06 bits per heavy atom. The number of fused-ring (bicyclic) bond motifs is 1. The van der Waals surface area contributed by atoms with Crippen LogP contribution in [0.4, 0.5) is 4.39 Å². The zero-order valence-electron chi connectivity index (χ0n) is 18.7. The van der Waals surface area contributed by atoms with Crippen molar-refractivity contribution in [2.75, 3.05) is 13.1 Å². The molecule has 2 aromatic carbocycles. The maximum absolute atomic E-state index is 13.4. The molecular formula is C25H27FN6O. The molecule has 4 aromatic rings. The van der Waals surface area contributed by atoms with Crippen molar-refractivity contribution in [1.29, 1.82) is 0 Å². The molecule has 3 heterocycles. The van der Waals surface area contributed by atoms with E-state index in [-0.39, 0.29) is 17.4 Å². The maximum atomic E-state index is 13.4. The summed E-state index contributed by atoms with van der Waals surface area (Å²) in [4.78, 5) is 18.8. The molecule has 1 saturated heterocycles. The van der Waals surface area contributed by atoms with Gasteiger partial charge in [-0.25, -0.2) is 9.07 Å². The molecule has 8 heteroatoms. The van der Waals surface area contributed by atoms with Gasteiger partial charge in [-0.2, -0.15) is 0 Å². The van der Waals surface area contributed by atoms with E-state index in [1.165, 1.54) is 25.0 Å². The molecule has 0 bridgehead atoms. The standard InChI is InChI=1S/C25H27FN6O/c1-17-7-6-8-19-15-21(25(33)27-22(17)19)23(31-13-4-2-3-5-14-31)24-28-29-30-32(24)16-18-9-11-20(26)12-10-18/h6-12,15,23H,2-5,13-14,16H2,1H3,(H,27,33). The molecule has 0 aliphatic carbocycles. The van der Waals surface area contributed by atoms with Crippen molar-refractivity contribution < 1.29 is 4.39 Å². The maximum Gasteiger partial charge on any atom is 0.253 e. The number of para-hydroxylation sites is 1. The molecule has 1 aliphatic heterocycles. The Kier molecular flexibility index (Phi) is 6.00. The number of rotatable bonds is 5. The monoisotopic (exact) mass is 446 g/mol. The molecule has 0 radical (unpaired) electrons. The number of pyridine rings is 1. The van der Waals surface area contributed by atoms with Crippen LogP contribution in [0.25, 0.3) is 10.9 Å². The number of aryl methyl sites for hydroxylation is 1. The average Bonchev–Trinajstić information content (AvgIpc) is 3.08. The minimum Gasteiger partial charge on any atom is -0.321 e. The summed E-state index contributed by atoms with van der Waals surface area (Å²) in [6, 6.07) is 13.9. The molecule has 5 rings (SSSR count). The SMILES string of the molecule is Cc1cccc2cc(C(c3nnnn3Cc3ccc(F)cc3)N3CCCCCC3)c(=O)[nH]c12. The minimum absolute atomic E-state index is 0.123. The normalized spacial score (nSPS) is 16.1. The number of likely N-dealkylation sites (tertiary alicyclic amines) is 1. The lowest BCUT2D eigenvalue weighted by Gasteiger charge is -2.29. The largest absolute Gasteiger partial charge is 0.321 e. The quantitative estimate of drug-likeness (QED) is 0.502. The van der Waals surface area contributed by atoms with E-state index in [0.717, 1.165) is 48.0 Å². The fourth-order valence-electron chi connectivity index (χ4n) is 4.74. The number of aromatic nitrogens is 5. The van der Waals surface area contributed by atoms with Gasteiger partial charge in [0.1, 0.15) is 11.9 Å². The molecule has 1 fully saturated rings. The van der Waals surface area contributed by atoms with Crippen molar-refractivity contribution in [3.05, 3.63) is 87.2 Å². The minimum atomic E-state index is -0.368. The zero-order valence-corrected chi connectivity index (χ0v) is 18.7. The van der Waals surface area contributed by atoms with E-state index >= 15 is 0 Å². The van der Waals surface area contributed by atoms with E-state index < -0.39 is 0 Å². The lowest BCUT2D eigenvalue weighted by atomic mass is 10.0. The first-order valence-corrected chi connectivity index (χ1v) is 11.5. The second-order valence-corrected chi connectivity index (χ2v) is 8.77. The highest BCUT2D eigenvalue weighted by atomic mass is 19.1. The number of H-pyrrole nitrogens is 1. The predicted octanol–water partition coefficient (Wildman–Crippen LogP) is 3.98. The summed E-state index contributed by atoms with van der Waals surface area (Å²) < 4.78 is 15.1. The Labute approximate surface area is 191 Å². The molecule has 170 valence electrons. The van der Waals surface area contributed by atoms with E-state index in [0.29, 0.717) is 17.9 Å². The highest BCUT2D eigenvalue weighted by Gasteiger charge is 2.31. The molecule has 2 aromatic heterocycles. The van der Waals surface area contributed by atoms with Crippen molar-refractivity contribution in [3.8, 4) is 0 Å². The Bertz CT molecular complexity index is 1300. The lowest BCUT2D eigenvalue weighted by Crippen LogP contribution is -2.36. The first kappa shape index (κ1) is 21.5. The summed E-state index contributed by atoms with van der Waals surface area (Å²) in [5.41, 5.74) is 3.30. The van der Waals surface area contributed by atoms with Crippen molar-refractivity contribution in [1.82, 2.24) is 30.1 Å². The third kappa shape index (κ3) is 4.43.